The molecule has 1 saturated heterocycles. The molecule has 152 valence electrons. The highest BCUT2D eigenvalue weighted by Gasteiger charge is 2.35. The van der Waals surface area contributed by atoms with Crippen LogP contribution in [-0.4, -0.2) is 42.8 Å². The van der Waals surface area contributed by atoms with Crippen LogP contribution < -0.4 is 5.32 Å². The number of carbonyl (C=O) groups excluding carboxylic acids is 1. The van der Waals surface area contributed by atoms with Crippen LogP contribution in [0.4, 0.5) is 4.79 Å². The molecule has 1 aromatic carbocycles. The van der Waals surface area contributed by atoms with E-state index in [0.717, 1.165) is 43.4 Å². The van der Waals surface area contributed by atoms with Gasteiger partial charge in [0.05, 0.1) is 6.61 Å². The van der Waals surface area contributed by atoms with Gasteiger partial charge in [-0.05, 0) is 56.8 Å². The molecule has 0 aliphatic carbocycles. The van der Waals surface area contributed by atoms with E-state index >= 15 is 0 Å². The largest absolute Gasteiger partial charge is 0.450 e. The van der Waals surface area contributed by atoms with Crippen molar-refractivity contribution in [3.8, 4) is 0 Å². The summed E-state index contributed by atoms with van der Waals surface area (Å²) in [6.07, 6.45) is 9.23. The number of ether oxygens (including phenoxy) is 1. The lowest BCUT2D eigenvalue weighted by molar-refractivity contribution is 0.0777. The number of piperidine rings is 1. The van der Waals surface area contributed by atoms with E-state index in [-0.39, 0.29) is 11.6 Å². The number of nitrogens with one attached hydrogen (secondary N) is 1. The van der Waals surface area contributed by atoms with Crippen LogP contribution in [0.3, 0.4) is 0 Å². The van der Waals surface area contributed by atoms with E-state index in [0.29, 0.717) is 6.61 Å². The zero-order chi connectivity index (χ0) is 19.5. The summed E-state index contributed by atoms with van der Waals surface area (Å²) in [6, 6.07) is 8.58. The summed E-state index contributed by atoms with van der Waals surface area (Å²) in [4.78, 5) is 13.9. The first-order valence-corrected chi connectivity index (χ1v) is 11.3. The smallest absolute Gasteiger partial charge is 0.409 e. The number of rotatable bonds is 10. The molecule has 4 nitrogen and oxygen atoms in total. The van der Waals surface area contributed by atoms with Gasteiger partial charge < -0.3 is 15.0 Å². The fraction of sp³-hybridized carbons (Fsp3) is 0.682. The molecule has 1 aliphatic rings. The van der Waals surface area contributed by atoms with E-state index in [9.17, 15) is 4.79 Å². The van der Waals surface area contributed by atoms with Gasteiger partial charge in [-0.25, -0.2) is 4.79 Å². The molecule has 27 heavy (non-hydrogen) atoms. The number of unbranched alkanes of at least 4 members (excludes halogenated alkanes) is 3. The number of nitrogens with zero attached hydrogens (tertiary/aromatic N) is 1. The summed E-state index contributed by atoms with van der Waals surface area (Å²) in [7, 11) is 0. The third-order valence-corrected chi connectivity index (χ3v) is 6.11. The first kappa shape index (κ1) is 22.2. The molecule has 1 aliphatic heterocycles. The van der Waals surface area contributed by atoms with E-state index in [1.54, 1.807) is 0 Å². The van der Waals surface area contributed by atoms with E-state index in [2.05, 4.69) is 52.4 Å². The van der Waals surface area contributed by atoms with Crippen molar-refractivity contribution in [2.45, 2.75) is 70.8 Å². The molecule has 5 heteroatoms. The van der Waals surface area contributed by atoms with Gasteiger partial charge in [0.2, 0.25) is 0 Å². The minimum atomic E-state index is -0.160. The van der Waals surface area contributed by atoms with Gasteiger partial charge >= 0.3 is 6.09 Å². The fourth-order valence-electron chi connectivity index (χ4n) is 3.86. The average molecular weight is 439 g/mol. The first-order chi connectivity index (χ1) is 13.1. The lowest BCUT2D eigenvalue weighted by Gasteiger charge is -2.42. The summed E-state index contributed by atoms with van der Waals surface area (Å²) in [5.41, 5.74) is 1.52. The molecule has 0 aromatic heterocycles. The molecular weight excluding hydrogens is 404 g/mol. The van der Waals surface area contributed by atoms with Crippen LogP contribution in [0.1, 0.15) is 64.4 Å². The highest BCUT2D eigenvalue weighted by Crippen LogP contribution is 2.29. The summed E-state index contributed by atoms with van der Waals surface area (Å²) in [5.74, 6) is 0. The quantitative estimate of drug-likeness (QED) is 0.487. The maximum atomic E-state index is 12.0. The summed E-state index contributed by atoms with van der Waals surface area (Å²) in [6.45, 7) is 7.13. The maximum Gasteiger partial charge on any atom is 0.409 e. The van der Waals surface area contributed by atoms with Crippen LogP contribution >= 0.6 is 15.9 Å². The molecule has 1 amide bonds. The van der Waals surface area contributed by atoms with Gasteiger partial charge in [0.25, 0.3) is 0 Å². The predicted molar refractivity (Wildman–Crippen MR) is 115 cm³/mol. The Morgan fingerprint density at radius 2 is 1.85 bits per heavy atom. The molecule has 0 saturated carbocycles. The summed E-state index contributed by atoms with van der Waals surface area (Å²) in [5, 5.41) is 3.88. The van der Waals surface area contributed by atoms with Crippen molar-refractivity contribution < 1.29 is 9.53 Å². The second-order valence-electron chi connectivity index (χ2n) is 7.58. The monoisotopic (exact) mass is 438 g/mol. The average Bonchev–Trinajstić information content (AvgIpc) is 2.68. The number of benzene rings is 1. The lowest BCUT2D eigenvalue weighted by Crippen LogP contribution is -2.55. The Hall–Kier alpha value is -1.07. The number of hydrogen-bond acceptors (Lipinski definition) is 3. The molecule has 0 radical (unpaired) electrons. The molecule has 0 atom stereocenters. The Balaban J connectivity index is 1.88. The van der Waals surface area contributed by atoms with Crippen molar-refractivity contribution in [1.82, 2.24) is 10.2 Å². The van der Waals surface area contributed by atoms with E-state index in [4.69, 9.17) is 4.74 Å². The van der Waals surface area contributed by atoms with E-state index in [1.165, 1.54) is 37.7 Å². The molecule has 2 rings (SSSR count). The van der Waals surface area contributed by atoms with Gasteiger partial charge in [0.15, 0.2) is 0 Å². The predicted octanol–water partition coefficient (Wildman–Crippen LogP) is 5.54. The van der Waals surface area contributed by atoms with E-state index in [1.807, 2.05) is 11.8 Å². The molecule has 1 N–H and O–H groups in total. The Morgan fingerprint density at radius 3 is 2.48 bits per heavy atom. The van der Waals surface area contributed by atoms with Gasteiger partial charge in [-0.1, -0.05) is 60.7 Å². The standard InChI is InChI=1S/C22H35BrN2O2/c1-3-5-6-7-13-22(14-17-25(18-15-22)21(26)27-4-2)24-16-12-19-8-10-20(23)11-9-19/h8-11,24H,3-7,12-18H2,1-2H3. The van der Waals surface area contributed by atoms with Crippen molar-refractivity contribution in [3.63, 3.8) is 0 Å². The molecule has 0 bridgehead atoms. The highest BCUT2D eigenvalue weighted by atomic mass is 79.9. The summed E-state index contributed by atoms with van der Waals surface area (Å²) >= 11 is 3.50. The van der Waals surface area contributed by atoms with Crippen molar-refractivity contribution in [2.75, 3.05) is 26.2 Å². The number of amides is 1. The topological polar surface area (TPSA) is 41.6 Å². The zero-order valence-electron chi connectivity index (χ0n) is 16.9. The van der Waals surface area contributed by atoms with Gasteiger partial charge in [-0.2, -0.15) is 0 Å². The third-order valence-electron chi connectivity index (χ3n) is 5.58. The molecular formula is C22H35BrN2O2. The molecule has 1 aromatic rings. The Labute approximate surface area is 173 Å². The van der Waals surface area contributed by atoms with Crippen molar-refractivity contribution in [2.24, 2.45) is 0 Å². The molecule has 1 heterocycles. The van der Waals surface area contributed by atoms with Crippen molar-refractivity contribution >= 4 is 22.0 Å². The number of carbonyl (C=O) groups is 1. The van der Waals surface area contributed by atoms with Gasteiger partial charge in [0.1, 0.15) is 0 Å². The van der Waals surface area contributed by atoms with Crippen LogP contribution in [-0.2, 0) is 11.2 Å². The van der Waals surface area contributed by atoms with Crippen LogP contribution in [0.5, 0.6) is 0 Å². The molecule has 0 unspecified atom stereocenters. The lowest BCUT2D eigenvalue weighted by atomic mass is 9.82. The second kappa shape index (κ2) is 11.7. The van der Waals surface area contributed by atoms with Gasteiger partial charge in [0, 0.05) is 23.1 Å². The minimum Gasteiger partial charge on any atom is -0.450 e. The summed E-state index contributed by atoms with van der Waals surface area (Å²) < 4.78 is 6.30. The maximum absolute atomic E-state index is 12.0. The van der Waals surface area contributed by atoms with E-state index < -0.39 is 0 Å². The Kier molecular flexibility index (Phi) is 9.63. The first-order valence-electron chi connectivity index (χ1n) is 10.5. The normalized spacial score (nSPS) is 16.3. The molecule has 0 spiro atoms. The van der Waals surface area contributed by atoms with Crippen LogP contribution in [0.15, 0.2) is 28.7 Å². The third kappa shape index (κ3) is 7.46. The van der Waals surface area contributed by atoms with Gasteiger partial charge in [-0.3, -0.25) is 0 Å². The molecule has 1 fully saturated rings. The van der Waals surface area contributed by atoms with Crippen molar-refractivity contribution in [3.05, 3.63) is 34.3 Å². The SMILES string of the molecule is CCCCCCC1(NCCc2ccc(Br)cc2)CCN(C(=O)OCC)CC1. The van der Waals surface area contributed by atoms with Crippen LogP contribution in [0.25, 0.3) is 0 Å². The van der Waals surface area contributed by atoms with Gasteiger partial charge in [-0.15, -0.1) is 0 Å². The number of likely N-dealkylation sites (tertiary alicyclic amines) is 1. The number of hydrogen-bond donors (Lipinski definition) is 1. The Bertz CT molecular complexity index is 554. The zero-order valence-corrected chi connectivity index (χ0v) is 18.5. The Morgan fingerprint density at radius 1 is 1.15 bits per heavy atom. The van der Waals surface area contributed by atoms with Crippen molar-refractivity contribution in [1.29, 1.82) is 0 Å². The minimum absolute atomic E-state index is 0.159. The van der Waals surface area contributed by atoms with Crippen LogP contribution in [0.2, 0.25) is 0 Å². The second-order valence-corrected chi connectivity index (χ2v) is 8.50. The number of halogens is 1. The van der Waals surface area contributed by atoms with Crippen LogP contribution in [0, 0.1) is 0 Å². The highest BCUT2D eigenvalue weighted by molar-refractivity contribution is 9.10. The fourth-order valence-corrected chi connectivity index (χ4v) is 4.12.